The first-order valence-corrected chi connectivity index (χ1v) is 12.8. The Morgan fingerprint density at radius 3 is 2.00 bits per heavy atom. The summed E-state index contributed by atoms with van der Waals surface area (Å²) in [5.41, 5.74) is 5.13. The van der Waals surface area contributed by atoms with Crippen molar-refractivity contribution in [3.63, 3.8) is 0 Å². The second-order valence-corrected chi connectivity index (χ2v) is 10.2. The van der Waals surface area contributed by atoms with Crippen LogP contribution in [0.15, 0.2) is 24.3 Å². The van der Waals surface area contributed by atoms with E-state index in [2.05, 4.69) is 26.0 Å². The minimum Gasteiger partial charge on any atom is -0.480 e. The highest BCUT2D eigenvalue weighted by atomic mass is 16.4. The van der Waals surface area contributed by atoms with Gasteiger partial charge in [-0.25, -0.2) is 0 Å². The molecule has 2 aromatic rings. The molecule has 0 saturated heterocycles. The predicted molar refractivity (Wildman–Crippen MR) is 129 cm³/mol. The van der Waals surface area contributed by atoms with Crippen LogP contribution in [0.5, 0.6) is 0 Å². The highest BCUT2D eigenvalue weighted by Crippen LogP contribution is 2.55. The van der Waals surface area contributed by atoms with Crippen molar-refractivity contribution in [2.75, 3.05) is 0 Å². The number of carbonyl (C=O) groups is 2. The van der Waals surface area contributed by atoms with Crippen molar-refractivity contribution >= 4 is 11.9 Å². The van der Waals surface area contributed by atoms with Gasteiger partial charge in [0.2, 0.25) is 5.41 Å². The van der Waals surface area contributed by atoms with Crippen molar-refractivity contribution in [1.82, 2.24) is 0 Å². The molecule has 0 unspecified atom stereocenters. The second kappa shape index (κ2) is 8.30. The highest BCUT2D eigenvalue weighted by molar-refractivity contribution is 6.15. The molecule has 3 aliphatic rings. The Labute approximate surface area is 196 Å². The normalized spacial score (nSPS) is 19.6. The van der Waals surface area contributed by atoms with Gasteiger partial charge in [-0.15, -0.1) is 0 Å². The average molecular weight is 447 g/mol. The summed E-state index contributed by atoms with van der Waals surface area (Å²) in [7, 11) is 0. The Morgan fingerprint density at radius 1 is 0.848 bits per heavy atom. The Balaban J connectivity index is 1.84. The van der Waals surface area contributed by atoms with Crippen LogP contribution >= 0.6 is 0 Å². The topological polar surface area (TPSA) is 74.6 Å². The number of aliphatic carboxylic acids is 2. The van der Waals surface area contributed by atoms with E-state index in [9.17, 15) is 19.8 Å². The van der Waals surface area contributed by atoms with E-state index in [4.69, 9.17) is 0 Å². The van der Waals surface area contributed by atoms with Crippen LogP contribution in [0, 0.1) is 0 Å². The fourth-order valence-electron chi connectivity index (χ4n) is 7.13. The molecule has 2 fully saturated rings. The molecule has 0 amide bonds. The average Bonchev–Trinajstić information content (AvgIpc) is 3.56. The molecule has 0 radical (unpaired) electrons. The summed E-state index contributed by atoms with van der Waals surface area (Å²) in [6, 6.07) is 8.17. The number of fused-ring (bicyclic) bond motifs is 3. The maximum Gasteiger partial charge on any atom is 0.330 e. The van der Waals surface area contributed by atoms with Crippen molar-refractivity contribution in [2.24, 2.45) is 0 Å². The van der Waals surface area contributed by atoms with Gasteiger partial charge in [0.15, 0.2) is 0 Å². The quantitative estimate of drug-likeness (QED) is 0.493. The van der Waals surface area contributed by atoms with Gasteiger partial charge < -0.3 is 10.2 Å². The summed E-state index contributed by atoms with van der Waals surface area (Å²) < 4.78 is 0. The predicted octanol–water partition coefficient (Wildman–Crippen LogP) is 6.56. The molecule has 33 heavy (non-hydrogen) atoms. The van der Waals surface area contributed by atoms with Crippen molar-refractivity contribution in [3.05, 3.63) is 57.6 Å². The molecule has 0 atom stereocenters. The fourth-order valence-corrected chi connectivity index (χ4v) is 7.13. The minimum absolute atomic E-state index is 0.394. The van der Waals surface area contributed by atoms with Gasteiger partial charge in [0.05, 0.1) is 0 Å². The third kappa shape index (κ3) is 3.09. The van der Waals surface area contributed by atoms with Gasteiger partial charge in [0, 0.05) is 0 Å². The van der Waals surface area contributed by atoms with Crippen LogP contribution < -0.4 is 0 Å². The molecule has 0 spiro atoms. The number of aryl methyl sites for hydroxylation is 1. The first-order chi connectivity index (χ1) is 15.9. The summed E-state index contributed by atoms with van der Waals surface area (Å²) in [6.45, 7) is 4.20. The van der Waals surface area contributed by atoms with Gasteiger partial charge in [0.1, 0.15) is 0 Å². The lowest BCUT2D eigenvalue weighted by Crippen LogP contribution is -2.44. The summed E-state index contributed by atoms with van der Waals surface area (Å²) in [6.07, 6.45) is 10.6. The van der Waals surface area contributed by atoms with Crippen LogP contribution in [0.1, 0.15) is 110 Å². The Hall–Kier alpha value is -2.62. The molecule has 174 valence electrons. The summed E-state index contributed by atoms with van der Waals surface area (Å²) >= 11 is 0. The van der Waals surface area contributed by atoms with E-state index in [1.807, 2.05) is 12.1 Å². The lowest BCUT2D eigenvalue weighted by atomic mass is 9.72. The largest absolute Gasteiger partial charge is 0.480 e. The third-order valence-corrected chi connectivity index (χ3v) is 8.64. The van der Waals surface area contributed by atoms with E-state index in [1.54, 1.807) is 0 Å². The number of rotatable bonds is 6. The molecule has 3 aliphatic carbocycles. The van der Waals surface area contributed by atoms with E-state index in [-0.39, 0.29) is 0 Å². The number of benzene rings is 2. The van der Waals surface area contributed by atoms with Gasteiger partial charge in [0.25, 0.3) is 0 Å². The third-order valence-electron chi connectivity index (χ3n) is 8.64. The van der Waals surface area contributed by atoms with E-state index in [0.717, 1.165) is 54.4 Å². The van der Waals surface area contributed by atoms with Gasteiger partial charge >= 0.3 is 11.9 Å². The van der Waals surface area contributed by atoms with Crippen LogP contribution in [-0.2, 0) is 27.8 Å². The van der Waals surface area contributed by atoms with Gasteiger partial charge in [-0.1, -0.05) is 63.8 Å². The van der Waals surface area contributed by atoms with Gasteiger partial charge in [-0.3, -0.25) is 9.59 Å². The second-order valence-electron chi connectivity index (χ2n) is 10.2. The lowest BCUT2D eigenvalue weighted by Gasteiger charge is -2.29. The van der Waals surface area contributed by atoms with Crippen molar-refractivity contribution in [1.29, 1.82) is 0 Å². The number of hydrogen-bond acceptors (Lipinski definition) is 2. The minimum atomic E-state index is -2.04. The standard InChI is InChI=1S/C29H34O4/c1-3-17-15-23-22-14-13-20(18-9-5-6-10-18)16-24(22)29(27(30)31,28(32)33)26(23)21(4-2)25(17)19-11-7-8-12-19/h13-16,18-19H,3-12H2,1-2H3,(H,30,31)(H,32,33). The summed E-state index contributed by atoms with van der Waals surface area (Å²) in [4.78, 5) is 26.0. The molecule has 0 bridgehead atoms. The van der Waals surface area contributed by atoms with E-state index in [1.165, 1.54) is 36.8 Å². The molecular formula is C29H34O4. The van der Waals surface area contributed by atoms with Crippen LogP contribution in [-0.4, -0.2) is 22.2 Å². The smallest absolute Gasteiger partial charge is 0.330 e. The SMILES string of the molecule is CCc1cc2c(c(CC)c1C1CCCC1)C(C(=O)O)(C(=O)O)c1cc(C3CCCC3)ccc1-2. The fraction of sp³-hybridized carbons (Fsp3) is 0.517. The van der Waals surface area contributed by atoms with Gasteiger partial charge in [-0.05, 0) is 94.9 Å². The molecule has 2 aromatic carbocycles. The maximum atomic E-state index is 13.0. The molecule has 2 saturated carbocycles. The maximum absolute atomic E-state index is 13.0. The molecule has 4 heteroatoms. The summed E-state index contributed by atoms with van der Waals surface area (Å²) in [5, 5.41) is 21.2. The number of hydrogen-bond donors (Lipinski definition) is 2. The van der Waals surface area contributed by atoms with E-state index >= 15 is 0 Å². The first-order valence-electron chi connectivity index (χ1n) is 12.8. The Bertz CT molecular complexity index is 1100. The monoisotopic (exact) mass is 446 g/mol. The zero-order valence-corrected chi connectivity index (χ0v) is 19.7. The van der Waals surface area contributed by atoms with Crippen LogP contribution in [0.25, 0.3) is 11.1 Å². The van der Waals surface area contributed by atoms with Crippen LogP contribution in [0.2, 0.25) is 0 Å². The Kier molecular flexibility index (Phi) is 5.58. The number of carboxylic acid groups (broad SMARTS) is 2. The zero-order chi connectivity index (χ0) is 23.3. The van der Waals surface area contributed by atoms with Gasteiger partial charge in [-0.2, -0.15) is 0 Å². The van der Waals surface area contributed by atoms with Crippen molar-refractivity contribution < 1.29 is 19.8 Å². The van der Waals surface area contributed by atoms with E-state index < -0.39 is 17.4 Å². The molecule has 2 N–H and O–H groups in total. The molecule has 5 rings (SSSR count). The van der Waals surface area contributed by atoms with E-state index in [0.29, 0.717) is 29.4 Å². The number of carboxylic acids is 2. The summed E-state index contributed by atoms with van der Waals surface area (Å²) in [5.74, 6) is -1.74. The van der Waals surface area contributed by atoms with Crippen LogP contribution in [0.4, 0.5) is 0 Å². The molecule has 0 aromatic heterocycles. The van der Waals surface area contributed by atoms with Crippen LogP contribution in [0.3, 0.4) is 0 Å². The first kappa shape index (κ1) is 22.2. The Morgan fingerprint density at radius 2 is 1.45 bits per heavy atom. The molecule has 4 nitrogen and oxygen atoms in total. The molecule has 0 heterocycles. The zero-order valence-electron chi connectivity index (χ0n) is 19.7. The molecule has 0 aliphatic heterocycles. The lowest BCUT2D eigenvalue weighted by molar-refractivity contribution is -0.155. The molecular weight excluding hydrogens is 412 g/mol. The van der Waals surface area contributed by atoms with Crippen molar-refractivity contribution in [3.8, 4) is 11.1 Å². The highest BCUT2D eigenvalue weighted by Gasteiger charge is 2.58. The van der Waals surface area contributed by atoms with Crippen molar-refractivity contribution in [2.45, 2.75) is 95.3 Å².